The second kappa shape index (κ2) is 5.59. The topological polar surface area (TPSA) is 32.6 Å². The van der Waals surface area contributed by atoms with Gasteiger partial charge in [0.05, 0.1) is 16.4 Å². The molecule has 1 aliphatic heterocycles. The highest BCUT2D eigenvalue weighted by atomic mass is 35.5. The molecule has 5 heteroatoms. The SMILES string of the molecule is CC(C)(C)c1nc2ccc(Cl)cn2c1CN1CCNCC1. The molecule has 1 aliphatic rings. The number of piperazine rings is 1. The summed E-state index contributed by atoms with van der Waals surface area (Å²) >= 11 is 6.18. The highest BCUT2D eigenvalue weighted by Crippen LogP contribution is 2.28. The Hall–Kier alpha value is -1.10. The van der Waals surface area contributed by atoms with E-state index in [4.69, 9.17) is 16.6 Å². The van der Waals surface area contributed by atoms with Crippen molar-refractivity contribution in [3.63, 3.8) is 0 Å². The molecule has 21 heavy (non-hydrogen) atoms. The van der Waals surface area contributed by atoms with Gasteiger partial charge in [0.2, 0.25) is 0 Å². The molecule has 1 saturated heterocycles. The Balaban J connectivity index is 2.05. The van der Waals surface area contributed by atoms with Gasteiger partial charge in [-0.3, -0.25) is 4.90 Å². The molecular weight excluding hydrogens is 284 g/mol. The number of rotatable bonds is 2. The zero-order valence-corrected chi connectivity index (χ0v) is 13.7. The normalized spacial score (nSPS) is 17.5. The number of pyridine rings is 1. The van der Waals surface area contributed by atoms with E-state index in [-0.39, 0.29) is 5.41 Å². The molecule has 0 bridgehead atoms. The summed E-state index contributed by atoms with van der Waals surface area (Å²) < 4.78 is 2.16. The lowest BCUT2D eigenvalue weighted by Crippen LogP contribution is -2.43. The summed E-state index contributed by atoms with van der Waals surface area (Å²) in [6, 6.07) is 3.91. The molecule has 1 fully saturated rings. The fourth-order valence-electron chi connectivity index (χ4n) is 2.90. The van der Waals surface area contributed by atoms with E-state index in [1.165, 1.54) is 11.4 Å². The van der Waals surface area contributed by atoms with Crippen LogP contribution >= 0.6 is 11.6 Å². The van der Waals surface area contributed by atoms with Gasteiger partial charge in [0.15, 0.2) is 0 Å². The monoisotopic (exact) mass is 306 g/mol. The van der Waals surface area contributed by atoms with Crippen molar-refractivity contribution in [1.29, 1.82) is 0 Å². The van der Waals surface area contributed by atoms with Crippen LogP contribution in [0.5, 0.6) is 0 Å². The number of halogens is 1. The predicted octanol–water partition coefficient (Wildman–Crippen LogP) is 2.69. The largest absolute Gasteiger partial charge is 0.314 e. The summed E-state index contributed by atoms with van der Waals surface area (Å²) in [4.78, 5) is 7.33. The maximum absolute atomic E-state index is 6.18. The molecule has 3 heterocycles. The maximum atomic E-state index is 6.18. The molecule has 2 aromatic heterocycles. The van der Waals surface area contributed by atoms with Crippen molar-refractivity contribution in [3.8, 4) is 0 Å². The molecule has 0 radical (unpaired) electrons. The fraction of sp³-hybridized carbons (Fsp3) is 0.562. The lowest BCUT2D eigenvalue weighted by Gasteiger charge is -2.28. The zero-order chi connectivity index (χ0) is 15.0. The molecule has 3 rings (SSSR count). The van der Waals surface area contributed by atoms with Crippen molar-refractivity contribution >= 4 is 17.2 Å². The summed E-state index contributed by atoms with van der Waals surface area (Å²) in [7, 11) is 0. The van der Waals surface area contributed by atoms with Gasteiger partial charge in [-0.05, 0) is 12.1 Å². The van der Waals surface area contributed by atoms with Crippen LogP contribution in [0.3, 0.4) is 0 Å². The first-order valence-electron chi connectivity index (χ1n) is 7.55. The molecule has 0 unspecified atom stereocenters. The molecule has 0 atom stereocenters. The van der Waals surface area contributed by atoms with Crippen molar-refractivity contribution in [3.05, 3.63) is 34.7 Å². The van der Waals surface area contributed by atoms with Crippen LogP contribution in [0, 0.1) is 0 Å². The van der Waals surface area contributed by atoms with Crippen LogP contribution in [0.1, 0.15) is 32.2 Å². The number of hydrogen-bond acceptors (Lipinski definition) is 3. The molecule has 0 spiro atoms. The average Bonchev–Trinajstić information content (AvgIpc) is 2.78. The maximum Gasteiger partial charge on any atom is 0.137 e. The molecule has 1 N–H and O–H groups in total. The second-order valence-electron chi connectivity index (χ2n) is 6.76. The minimum atomic E-state index is 0.0296. The standard InChI is InChI=1S/C16H23ClN4/c1-16(2,3)15-13(11-20-8-6-18-7-9-20)21-10-12(17)4-5-14(21)19-15/h4-5,10,18H,6-9,11H2,1-3H3. The van der Waals surface area contributed by atoms with E-state index >= 15 is 0 Å². The highest BCUT2D eigenvalue weighted by Gasteiger charge is 2.25. The summed E-state index contributed by atoms with van der Waals surface area (Å²) in [5, 5.41) is 4.15. The average molecular weight is 307 g/mol. The first kappa shape index (κ1) is 14.8. The van der Waals surface area contributed by atoms with Gasteiger partial charge in [-0.25, -0.2) is 4.98 Å². The van der Waals surface area contributed by atoms with Gasteiger partial charge in [0.1, 0.15) is 5.65 Å². The number of aromatic nitrogens is 2. The number of imidazole rings is 1. The van der Waals surface area contributed by atoms with Crippen LogP contribution < -0.4 is 5.32 Å². The van der Waals surface area contributed by atoms with Gasteiger partial charge in [-0.2, -0.15) is 0 Å². The van der Waals surface area contributed by atoms with Gasteiger partial charge in [-0.15, -0.1) is 0 Å². The van der Waals surface area contributed by atoms with Gasteiger partial charge < -0.3 is 9.72 Å². The van der Waals surface area contributed by atoms with Crippen molar-refractivity contribution in [2.45, 2.75) is 32.7 Å². The molecular formula is C16H23ClN4. The van der Waals surface area contributed by atoms with E-state index in [1.807, 2.05) is 18.3 Å². The lowest BCUT2D eigenvalue weighted by atomic mass is 9.90. The molecule has 0 aliphatic carbocycles. The van der Waals surface area contributed by atoms with Gasteiger partial charge in [-0.1, -0.05) is 32.4 Å². The first-order chi connectivity index (χ1) is 9.95. The van der Waals surface area contributed by atoms with E-state index in [1.54, 1.807) is 0 Å². The second-order valence-corrected chi connectivity index (χ2v) is 7.20. The summed E-state index contributed by atoms with van der Waals surface area (Å²) in [6.45, 7) is 11.9. The number of hydrogen-bond donors (Lipinski definition) is 1. The minimum absolute atomic E-state index is 0.0296. The predicted molar refractivity (Wildman–Crippen MR) is 87.0 cm³/mol. The number of nitrogens with zero attached hydrogens (tertiary/aromatic N) is 3. The van der Waals surface area contributed by atoms with E-state index < -0.39 is 0 Å². The van der Waals surface area contributed by atoms with Crippen LogP contribution in [0.4, 0.5) is 0 Å². The van der Waals surface area contributed by atoms with Crippen LogP contribution in [0.15, 0.2) is 18.3 Å². The molecule has 2 aromatic rings. The Labute approximate surface area is 131 Å². The quantitative estimate of drug-likeness (QED) is 0.926. The summed E-state index contributed by atoms with van der Waals surface area (Å²) in [5.41, 5.74) is 3.45. The van der Waals surface area contributed by atoms with Gasteiger partial charge in [0.25, 0.3) is 0 Å². The molecule has 0 aromatic carbocycles. The van der Waals surface area contributed by atoms with E-state index in [9.17, 15) is 0 Å². The van der Waals surface area contributed by atoms with Crippen molar-refractivity contribution < 1.29 is 0 Å². The number of fused-ring (bicyclic) bond motifs is 1. The van der Waals surface area contributed by atoms with Crippen LogP contribution in [-0.2, 0) is 12.0 Å². The van der Waals surface area contributed by atoms with Crippen LogP contribution in [-0.4, -0.2) is 40.5 Å². The van der Waals surface area contributed by atoms with Crippen molar-refractivity contribution in [2.24, 2.45) is 0 Å². The van der Waals surface area contributed by atoms with E-state index in [0.717, 1.165) is 43.4 Å². The summed E-state index contributed by atoms with van der Waals surface area (Å²) in [5.74, 6) is 0. The molecule has 114 valence electrons. The van der Waals surface area contributed by atoms with E-state index in [2.05, 4.69) is 35.4 Å². The van der Waals surface area contributed by atoms with Crippen molar-refractivity contribution in [1.82, 2.24) is 19.6 Å². The zero-order valence-electron chi connectivity index (χ0n) is 13.0. The van der Waals surface area contributed by atoms with Gasteiger partial charge in [0, 0.05) is 44.3 Å². The molecule has 0 amide bonds. The first-order valence-corrected chi connectivity index (χ1v) is 7.93. The third-order valence-electron chi connectivity index (χ3n) is 3.97. The summed E-state index contributed by atoms with van der Waals surface area (Å²) in [6.07, 6.45) is 1.98. The Morgan fingerprint density at radius 1 is 1.24 bits per heavy atom. The third kappa shape index (κ3) is 3.07. The minimum Gasteiger partial charge on any atom is -0.314 e. The lowest BCUT2D eigenvalue weighted by molar-refractivity contribution is 0.228. The van der Waals surface area contributed by atoms with Crippen LogP contribution in [0.2, 0.25) is 5.02 Å². The number of nitrogens with one attached hydrogen (secondary N) is 1. The smallest absolute Gasteiger partial charge is 0.137 e. The molecule has 0 saturated carbocycles. The molecule has 4 nitrogen and oxygen atoms in total. The highest BCUT2D eigenvalue weighted by molar-refractivity contribution is 6.30. The van der Waals surface area contributed by atoms with Crippen LogP contribution in [0.25, 0.3) is 5.65 Å². The van der Waals surface area contributed by atoms with E-state index in [0.29, 0.717) is 0 Å². The Morgan fingerprint density at radius 2 is 1.95 bits per heavy atom. The Morgan fingerprint density at radius 3 is 2.62 bits per heavy atom. The fourth-order valence-corrected chi connectivity index (χ4v) is 3.06. The third-order valence-corrected chi connectivity index (χ3v) is 4.20. The Kier molecular flexibility index (Phi) is 3.95. The van der Waals surface area contributed by atoms with Crippen molar-refractivity contribution in [2.75, 3.05) is 26.2 Å². The Bertz CT molecular complexity index is 635. The van der Waals surface area contributed by atoms with Gasteiger partial charge >= 0.3 is 0 Å².